The second kappa shape index (κ2) is 6.15. The SMILES string of the molecule is COc1ccc2ccccc2c1CNC(=O)c1csc(C)n1. The Morgan fingerprint density at radius 2 is 2.09 bits per heavy atom. The molecule has 3 rings (SSSR count). The molecule has 0 radical (unpaired) electrons. The van der Waals surface area contributed by atoms with Crippen molar-refractivity contribution >= 4 is 28.0 Å². The summed E-state index contributed by atoms with van der Waals surface area (Å²) >= 11 is 1.47. The Bertz CT molecular complexity index is 826. The van der Waals surface area contributed by atoms with Crippen LogP contribution in [0.1, 0.15) is 21.1 Å². The van der Waals surface area contributed by atoms with Gasteiger partial charge in [-0.15, -0.1) is 11.3 Å². The highest BCUT2D eigenvalue weighted by atomic mass is 32.1. The van der Waals surface area contributed by atoms with E-state index in [0.29, 0.717) is 12.2 Å². The number of methoxy groups -OCH3 is 1. The number of nitrogens with one attached hydrogen (secondary N) is 1. The van der Waals surface area contributed by atoms with Gasteiger partial charge >= 0.3 is 0 Å². The Morgan fingerprint density at radius 1 is 1.27 bits per heavy atom. The molecule has 5 heteroatoms. The second-order valence-electron chi connectivity index (χ2n) is 4.90. The molecule has 0 unspecified atom stereocenters. The number of hydrogen-bond donors (Lipinski definition) is 1. The molecule has 2 aromatic carbocycles. The molecule has 0 atom stereocenters. The van der Waals surface area contributed by atoms with E-state index in [0.717, 1.165) is 27.1 Å². The van der Waals surface area contributed by atoms with Crippen LogP contribution in [0.15, 0.2) is 41.8 Å². The van der Waals surface area contributed by atoms with Crippen LogP contribution >= 0.6 is 11.3 Å². The molecule has 0 aliphatic heterocycles. The van der Waals surface area contributed by atoms with Crippen LogP contribution in [0.4, 0.5) is 0 Å². The number of carbonyl (C=O) groups excluding carboxylic acids is 1. The molecule has 3 aromatic rings. The number of hydrogen-bond acceptors (Lipinski definition) is 4. The normalized spacial score (nSPS) is 10.6. The van der Waals surface area contributed by atoms with Crippen molar-refractivity contribution in [1.29, 1.82) is 0 Å². The lowest BCUT2D eigenvalue weighted by atomic mass is 10.0. The third-order valence-corrected chi connectivity index (χ3v) is 4.27. The molecule has 22 heavy (non-hydrogen) atoms. The van der Waals surface area contributed by atoms with Gasteiger partial charge in [0.2, 0.25) is 0 Å². The lowest BCUT2D eigenvalue weighted by Crippen LogP contribution is -2.23. The molecule has 0 saturated heterocycles. The average Bonchev–Trinajstić information content (AvgIpc) is 2.98. The van der Waals surface area contributed by atoms with Gasteiger partial charge in [-0.25, -0.2) is 4.98 Å². The van der Waals surface area contributed by atoms with Crippen LogP contribution in [0.3, 0.4) is 0 Å². The Kier molecular flexibility index (Phi) is 4.06. The summed E-state index contributed by atoms with van der Waals surface area (Å²) in [5, 5.41) is 7.77. The van der Waals surface area contributed by atoms with Crippen LogP contribution in [-0.2, 0) is 6.54 Å². The third kappa shape index (κ3) is 2.80. The van der Waals surface area contributed by atoms with Crippen molar-refractivity contribution in [2.24, 2.45) is 0 Å². The molecular weight excluding hydrogens is 296 g/mol. The largest absolute Gasteiger partial charge is 0.496 e. The lowest BCUT2D eigenvalue weighted by molar-refractivity contribution is 0.0946. The average molecular weight is 312 g/mol. The van der Waals surface area contributed by atoms with E-state index in [2.05, 4.69) is 10.3 Å². The first-order valence-corrected chi connectivity index (χ1v) is 7.82. The zero-order chi connectivity index (χ0) is 15.5. The number of benzene rings is 2. The maximum Gasteiger partial charge on any atom is 0.271 e. The van der Waals surface area contributed by atoms with Gasteiger partial charge in [0.1, 0.15) is 11.4 Å². The fraction of sp³-hybridized carbons (Fsp3) is 0.176. The van der Waals surface area contributed by atoms with Crippen LogP contribution in [0.5, 0.6) is 5.75 Å². The van der Waals surface area contributed by atoms with E-state index >= 15 is 0 Å². The van der Waals surface area contributed by atoms with Crippen molar-refractivity contribution in [2.75, 3.05) is 7.11 Å². The Hall–Kier alpha value is -2.40. The minimum atomic E-state index is -0.167. The van der Waals surface area contributed by atoms with Crippen molar-refractivity contribution in [3.63, 3.8) is 0 Å². The number of rotatable bonds is 4. The predicted molar refractivity (Wildman–Crippen MR) is 88.5 cm³/mol. The third-order valence-electron chi connectivity index (χ3n) is 3.49. The molecule has 0 saturated carbocycles. The number of ether oxygens (including phenoxy) is 1. The summed E-state index contributed by atoms with van der Waals surface area (Å²) in [4.78, 5) is 16.4. The van der Waals surface area contributed by atoms with E-state index in [-0.39, 0.29) is 5.91 Å². The highest BCUT2D eigenvalue weighted by molar-refractivity contribution is 7.09. The summed E-state index contributed by atoms with van der Waals surface area (Å²) in [7, 11) is 1.64. The van der Waals surface area contributed by atoms with Crippen molar-refractivity contribution in [1.82, 2.24) is 10.3 Å². The lowest BCUT2D eigenvalue weighted by Gasteiger charge is -2.12. The molecule has 0 spiro atoms. The number of carbonyl (C=O) groups is 1. The van der Waals surface area contributed by atoms with Crippen molar-refractivity contribution in [2.45, 2.75) is 13.5 Å². The molecule has 0 fully saturated rings. The topological polar surface area (TPSA) is 51.2 Å². The van der Waals surface area contributed by atoms with Gasteiger partial charge in [0.05, 0.1) is 12.1 Å². The van der Waals surface area contributed by atoms with E-state index in [4.69, 9.17) is 4.74 Å². The van der Waals surface area contributed by atoms with Gasteiger partial charge in [-0.3, -0.25) is 4.79 Å². The fourth-order valence-electron chi connectivity index (χ4n) is 2.42. The first-order valence-electron chi connectivity index (χ1n) is 6.94. The molecule has 1 aromatic heterocycles. The number of nitrogens with zero attached hydrogens (tertiary/aromatic N) is 1. The predicted octanol–water partition coefficient (Wildman–Crippen LogP) is 3.54. The molecule has 1 amide bonds. The van der Waals surface area contributed by atoms with Crippen LogP contribution in [-0.4, -0.2) is 18.0 Å². The summed E-state index contributed by atoms with van der Waals surface area (Å²) in [5.41, 5.74) is 1.43. The first kappa shape index (κ1) is 14.5. The molecule has 1 heterocycles. The van der Waals surface area contributed by atoms with Gasteiger partial charge in [0.15, 0.2) is 0 Å². The van der Waals surface area contributed by atoms with E-state index in [1.807, 2.05) is 43.3 Å². The number of aryl methyl sites for hydroxylation is 1. The highest BCUT2D eigenvalue weighted by Gasteiger charge is 2.12. The van der Waals surface area contributed by atoms with E-state index < -0.39 is 0 Å². The highest BCUT2D eigenvalue weighted by Crippen LogP contribution is 2.27. The van der Waals surface area contributed by atoms with Gasteiger partial charge in [-0.2, -0.15) is 0 Å². The van der Waals surface area contributed by atoms with Crippen molar-refractivity contribution in [3.05, 3.63) is 58.0 Å². The van der Waals surface area contributed by atoms with Crippen LogP contribution in [0, 0.1) is 6.92 Å². The van der Waals surface area contributed by atoms with E-state index in [1.54, 1.807) is 12.5 Å². The standard InChI is InChI=1S/C17H16N2O2S/c1-11-19-15(10-22-11)17(20)18-9-14-13-6-4-3-5-12(13)7-8-16(14)21-2/h3-8,10H,9H2,1-2H3,(H,18,20). The maximum atomic E-state index is 12.2. The van der Waals surface area contributed by atoms with E-state index in [1.165, 1.54) is 11.3 Å². The maximum absolute atomic E-state index is 12.2. The Morgan fingerprint density at radius 3 is 2.82 bits per heavy atom. The molecule has 0 aliphatic rings. The molecule has 112 valence electrons. The van der Waals surface area contributed by atoms with Crippen LogP contribution in [0.25, 0.3) is 10.8 Å². The summed E-state index contributed by atoms with van der Waals surface area (Å²) in [6, 6.07) is 12.0. The van der Waals surface area contributed by atoms with Crippen LogP contribution < -0.4 is 10.1 Å². The minimum absolute atomic E-state index is 0.167. The van der Waals surface area contributed by atoms with Gasteiger partial charge < -0.3 is 10.1 Å². The van der Waals surface area contributed by atoms with E-state index in [9.17, 15) is 4.79 Å². The van der Waals surface area contributed by atoms with Crippen molar-refractivity contribution in [3.8, 4) is 5.75 Å². The number of fused-ring (bicyclic) bond motifs is 1. The molecule has 1 N–H and O–H groups in total. The summed E-state index contributed by atoms with van der Waals surface area (Å²) in [5.74, 6) is 0.604. The summed E-state index contributed by atoms with van der Waals surface area (Å²) < 4.78 is 5.43. The Labute approximate surface area is 132 Å². The van der Waals surface area contributed by atoms with Crippen molar-refractivity contribution < 1.29 is 9.53 Å². The van der Waals surface area contributed by atoms with Gasteiger partial charge in [0, 0.05) is 17.5 Å². The number of amides is 1. The number of thiazole rings is 1. The van der Waals surface area contributed by atoms with Gasteiger partial charge in [-0.1, -0.05) is 30.3 Å². The molecular formula is C17H16N2O2S. The summed E-state index contributed by atoms with van der Waals surface area (Å²) in [6.45, 7) is 2.29. The minimum Gasteiger partial charge on any atom is -0.496 e. The zero-order valence-electron chi connectivity index (χ0n) is 12.4. The first-order chi connectivity index (χ1) is 10.7. The van der Waals surface area contributed by atoms with Gasteiger partial charge in [0.25, 0.3) is 5.91 Å². The smallest absolute Gasteiger partial charge is 0.271 e. The fourth-order valence-corrected chi connectivity index (χ4v) is 3.01. The molecule has 0 aliphatic carbocycles. The monoisotopic (exact) mass is 312 g/mol. The van der Waals surface area contributed by atoms with Gasteiger partial charge in [-0.05, 0) is 23.8 Å². The molecule has 4 nitrogen and oxygen atoms in total. The summed E-state index contributed by atoms with van der Waals surface area (Å²) in [6.07, 6.45) is 0. The van der Waals surface area contributed by atoms with Crippen LogP contribution in [0.2, 0.25) is 0 Å². The Balaban J connectivity index is 1.88. The molecule has 0 bridgehead atoms. The number of aromatic nitrogens is 1. The zero-order valence-corrected chi connectivity index (χ0v) is 13.2. The second-order valence-corrected chi connectivity index (χ2v) is 5.96. The quantitative estimate of drug-likeness (QED) is 0.801.